The Hall–Kier alpha value is -0.810. The topological polar surface area (TPSA) is 40.1 Å². The Balaban J connectivity index is 1.59. The van der Waals surface area contributed by atoms with Crippen LogP contribution in [-0.2, 0) is 4.74 Å². The van der Waals surface area contributed by atoms with Crippen molar-refractivity contribution in [3.63, 3.8) is 0 Å². The Labute approximate surface area is 141 Å². The summed E-state index contributed by atoms with van der Waals surface area (Å²) in [4.78, 5) is 9.47. The van der Waals surface area contributed by atoms with E-state index in [2.05, 4.69) is 47.9 Å². The minimum Gasteiger partial charge on any atom is -0.377 e. The van der Waals surface area contributed by atoms with Gasteiger partial charge in [0.25, 0.3) is 0 Å². The predicted molar refractivity (Wildman–Crippen MR) is 94.8 cm³/mol. The molecule has 2 aliphatic heterocycles. The van der Waals surface area contributed by atoms with Gasteiger partial charge in [-0.1, -0.05) is 20.8 Å². The molecule has 5 nitrogen and oxygen atoms in total. The summed E-state index contributed by atoms with van der Waals surface area (Å²) in [6.07, 6.45) is 4.24. The monoisotopic (exact) mass is 322 g/mol. The number of rotatable bonds is 4. The molecule has 1 N–H and O–H groups in total. The molecular formula is C18H34N4O. The maximum atomic E-state index is 5.91. The van der Waals surface area contributed by atoms with Gasteiger partial charge in [-0.25, -0.2) is 0 Å². The fraction of sp³-hybridized carbons (Fsp3) is 0.944. The van der Waals surface area contributed by atoms with E-state index < -0.39 is 0 Å². The van der Waals surface area contributed by atoms with Crippen LogP contribution in [0.25, 0.3) is 0 Å². The van der Waals surface area contributed by atoms with Crippen molar-refractivity contribution in [2.75, 3.05) is 40.3 Å². The van der Waals surface area contributed by atoms with Gasteiger partial charge >= 0.3 is 0 Å². The Morgan fingerprint density at radius 3 is 2.87 bits per heavy atom. The molecule has 1 saturated carbocycles. The summed E-state index contributed by atoms with van der Waals surface area (Å²) >= 11 is 0. The Kier molecular flexibility index (Phi) is 4.88. The standard InChI is InChI=1S/C18H34N4O/c1-6-22-10-7-8-13(22)12-21(5)17(19-4)20-15-14-9-11-23-16(14)18(15,2)3/h13-16H,6-12H2,1-5H3,(H,19,20). The Bertz CT molecular complexity index is 450. The Morgan fingerprint density at radius 1 is 1.39 bits per heavy atom. The second-order valence-electron chi connectivity index (χ2n) is 8.04. The summed E-state index contributed by atoms with van der Waals surface area (Å²) in [5.74, 6) is 1.69. The highest BCUT2D eigenvalue weighted by molar-refractivity contribution is 5.80. The summed E-state index contributed by atoms with van der Waals surface area (Å²) in [5.41, 5.74) is 0.195. The van der Waals surface area contributed by atoms with Crippen LogP contribution < -0.4 is 5.32 Å². The number of nitrogens with zero attached hydrogens (tertiary/aromatic N) is 3. The molecular weight excluding hydrogens is 288 g/mol. The maximum absolute atomic E-state index is 5.91. The zero-order valence-corrected chi connectivity index (χ0v) is 15.5. The predicted octanol–water partition coefficient (Wildman–Crippen LogP) is 1.79. The first-order chi connectivity index (χ1) is 11.0. The number of likely N-dealkylation sites (tertiary alicyclic amines) is 1. The second kappa shape index (κ2) is 6.60. The van der Waals surface area contributed by atoms with Crippen LogP contribution in [0.3, 0.4) is 0 Å². The van der Waals surface area contributed by atoms with Crippen LogP contribution >= 0.6 is 0 Å². The molecule has 4 unspecified atom stereocenters. The highest BCUT2D eigenvalue weighted by Gasteiger charge is 2.59. The molecule has 0 spiro atoms. The molecule has 4 atom stereocenters. The fourth-order valence-electron chi connectivity index (χ4n) is 5.02. The number of nitrogens with one attached hydrogen (secondary N) is 1. The summed E-state index contributed by atoms with van der Waals surface area (Å²) in [5, 5.41) is 3.75. The molecule has 0 aromatic carbocycles. The number of ether oxygens (including phenoxy) is 1. The lowest BCUT2D eigenvalue weighted by atomic mass is 9.57. The van der Waals surface area contributed by atoms with Crippen LogP contribution in [0.1, 0.15) is 40.0 Å². The third kappa shape index (κ3) is 2.98. The number of fused-ring (bicyclic) bond motifs is 1. The minimum atomic E-state index is 0.195. The highest BCUT2D eigenvalue weighted by Crippen LogP contribution is 2.52. The summed E-state index contributed by atoms with van der Waals surface area (Å²) in [7, 11) is 4.08. The SMILES string of the molecule is CCN1CCCC1CN(C)C(=NC)NC1C2CCOC2C1(C)C. The van der Waals surface area contributed by atoms with E-state index >= 15 is 0 Å². The first kappa shape index (κ1) is 17.0. The van der Waals surface area contributed by atoms with Crippen molar-refractivity contribution in [1.82, 2.24) is 15.1 Å². The molecule has 0 radical (unpaired) electrons. The van der Waals surface area contributed by atoms with Crippen molar-refractivity contribution < 1.29 is 4.74 Å². The van der Waals surface area contributed by atoms with E-state index in [1.54, 1.807) is 0 Å². The van der Waals surface area contributed by atoms with Gasteiger partial charge in [0.15, 0.2) is 5.96 Å². The van der Waals surface area contributed by atoms with Gasteiger partial charge in [0.2, 0.25) is 0 Å². The van der Waals surface area contributed by atoms with Crippen LogP contribution in [0.15, 0.2) is 4.99 Å². The molecule has 2 saturated heterocycles. The zero-order valence-electron chi connectivity index (χ0n) is 15.5. The van der Waals surface area contributed by atoms with Crippen LogP contribution in [0.4, 0.5) is 0 Å². The van der Waals surface area contributed by atoms with Crippen LogP contribution in [0.2, 0.25) is 0 Å². The largest absolute Gasteiger partial charge is 0.377 e. The van der Waals surface area contributed by atoms with E-state index in [9.17, 15) is 0 Å². The van der Waals surface area contributed by atoms with Gasteiger partial charge in [0, 0.05) is 50.7 Å². The average molecular weight is 322 g/mol. The molecule has 0 amide bonds. The highest BCUT2D eigenvalue weighted by atomic mass is 16.5. The molecule has 3 rings (SSSR count). The lowest BCUT2D eigenvalue weighted by molar-refractivity contribution is -0.107. The van der Waals surface area contributed by atoms with Gasteiger partial charge < -0.3 is 15.0 Å². The van der Waals surface area contributed by atoms with Crippen LogP contribution in [-0.4, -0.2) is 74.3 Å². The van der Waals surface area contributed by atoms with E-state index in [-0.39, 0.29) is 5.41 Å². The van der Waals surface area contributed by atoms with E-state index in [0.29, 0.717) is 24.1 Å². The van der Waals surface area contributed by atoms with E-state index in [0.717, 1.165) is 25.7 Å². The molecule has 0 bridgehead atoms. The molecule has 23 heavy (non-hydrogen) atoms. The first-order valence-corrected chi connectivity index (χ1v) is 9.29. The summed E-state index contributed by atoms with van der Waals surface area (Å²) in [6.45, 7) is 11.3. The van der Waals surface area contributed by atoms with Crippen LogP contribution in [0, 0.1) is 11.3 Å². The number of guanidine groups is 1. The lowest BCUT2D eigenvalue weighted by Crippen LogP contribution is -2.68. The van der Waals surface area contributed by atoms with Crippen molar-refractivity contribution in [2.24, 2.45) is 16.3 Å². The number of hydrogen-bond donors (Lipinski definition) is 1. The molecule has 0 aromatic heterocycles. The van der Waals surface area contributed by atoms with Crippen LogP contribution in [0.5, 0.6) is 0 Å². The number of likely N-dealkylation sites (N-methyl/N-ethyl adjacent to an activating group) is 2. The number of aliphatic imine (C=N–C) groups is 1. The van der Waals surface area contributed by atoms with Crippen molar-refractivity contribution in [2.45, 2.75) is 58.2 Å². The Morgan fingerprint density at radius 2 is 2.17 bits per heavy atom. The van der Waals surface area contributed by atoms with E-state index in [4.69, 9.17) is 4.74 Å². The maximum Gasteiger partial charge on any atom is 0.193 e. The molecule has 132 valence electrons. The molecule has 3 fully saturated rings. The van der Waals surface area contributed by atoms with Gasteiger partial charge in [-0.3, -0.25) is 9.89 Å². The smallest absolute Gasteiger partial charge is 0.193 e. The van der Waals surface area contributed by atoms with E-state index in [1.165, 1.54) is 25.8 Å². The minimum absolute atomic E-state index is 0.195. The van der Waals surface area contributed by atoms with E-state index in [1.807, 2.05) is 7.05 Å². The van der Waals surface area contributed by atoms with Crippen molar-refractivity contribution in [1.29, 1.82) is 0 Å². The molecule has 1 aliphatic carbocycles. The van der Waals surface area contributed by atoms with Crippen molar-refractivity contribution in [3.8, 4) is 0 Å². The molecule has 0 aromatic rings. The zero-order chi connectivity index (χ0) is 16.6. The van der Waals surface area contributed by atoms with Gasteiger partial charge in [-0.05, 0) is 32.4 Å². The molecule has 3 aliphatic rings. The molecule has 5 heteroatoms. The third-order valence-electron chi connectivity index (χ3n) is 6.35. The quantitative estimate of drug-likeness (QED) is 0.633. The van der Waals surface area contributed by atoms with Crippen molar-refractivity contribution >= 4 is 5.96 Å². The first-order valence-electron chi connectivity index (χ1n) is 9.29. The normalized spacial score (nSPS) is 36.7. The summed E-state index contributed by atoms with van der Waals surface area (Å²) < 4.78 is 5.91. The van der Waals surface area contributed by atoms with Crippen molar-refractivity contribution in [3.05, 3.63) is 0 Å². The third-order valence-corrected chi connectivity index (χ3v) is 6.35. The summed E-state index contributed by atoms with van der Waals surface area (Å²) in [6, 6.07) is 1.14. The molecule has 2 heterocycles. The fourth-order valence-corrected chi connectivity index (χ4v) is 5.02. The second-order valence-corrected chi connectivity index (χ2v) is 8.04. The lowest BCUT2D eigenvalue weighted by Gasteiger charge is -2.55. The van der Waals surface area contributed by atoms with Gasteiger partial charge in [0.1, 0.15) is 0 Å². The van der Waals surface area contributed by atoms with Gasteiger partial charge in [-0.15, -0.1) is 0 Å². The van der Waals surface area contributed by atoms with Gasteiger partial charge in [-0.2, -0.15) is 0 Å². The number of hydrogen-bond acceptors (Lipinski definition) is 3. The van der Waals surface area contributed by atoms with Gasteiger partial charge in [0.05, 0.1) is 6.10 Å². The average Bonchev–Trinajstić information content (AvgIpc) is 3.15.